The molecule has 0 saturated carbocycles. The number of amides is 1. The van der Waals surface area contributed by atoms with Crippen molar-refractivity contribution in [3.8, 4) is 5.75 Å². The lowest BCUT2D eigenvalue weighted by atomic mass is 10.1. The molecule has 0 unspecified atom stereocenters. The monoisotopic (exact) mass is 363 g/mol. The zero-order valence-corrected chi connectivity index (χ0v) is 14.5. The molecular formula is C17H17NO6S. The maximum absolute atomic E-state index is 12.3. The van der Waals surface area contributed by atoms with Crippen LogP contribution < -0.4 is 5.32 Å². The summed E-state index contributed by atoms with van der Waals surface area (Å²) in [5.41, 5.74) is 0.315. The molecule has 7 nitrogen and oxygen atoms in total. The number of hydrogen-bond donors (Lipinski definition) is 2. The van der Waals surface area contributed by atoms with E-state index in [4.69, 9.17) is 0 Å². The average Bonchev–Trinajstić information content (AvgIpc) is 2.62. The number of benzene rings is 2. The van der Waals surface area contributed by atoms with E-state index < -0.39 is 21.7 Å². The number of anilines is 1. The first-order chi connectivity index (χ1) is 11.8. The molecule has 0 bridgehead atoms. The number of nitrogens with one attached hydrogen (secondary N) is 1. The fraction of sp³-hybridized carbons (Fsp3) is 0.176. The van der Waals surface area contributed by atoms with Gasteiger partial charge in [-0.25, -0.2) is 13.2 Å². The Hall–Kier alpha value is -2.87. The van der Waals surface area contributed by atoms with Gasteiger partial charge in [0.15, 0.2) is 9.84 Å². The van der Waals surface area contributed by atoms with E-state index in [2.05, 4.69) is 10.1 Å². The fourth-order valence-electron chi connectivity index (χ4n) is 2.08. The first-order valence-corrected chi connectivity index (χ1v) is 8.99. The Balaban J connectivity index is 2.32. The van der Waals surface area contributed by atoms with Crippen LogP contribution in [-0.2, 0) is 14.6 Å². The van der Waals surface area contributed by atoms with Crippen LogP contribution in [0.5, 0.6) is 5.75 Å². The molecule has 0 saturated heterocycles. The number of carbonyl (C=O) groups excluding carboxylic acids is 2. The van der Waals surface area contributed by atoms with Gasteiger partial charge in [0, 0.05) is 5.56 Å². The minimum absolute atomic E-state index is 0.00795. The third-order valence-corrected chi connectivity index (χ3v) is 5.23. The molecule has 2 N–H and O–H groups in total. The van der Waals surface area contributed by atoms with Crippen LogP contribution >= 0.6 is 0 Å². The van der Waals surface area contributed by atoms with E-state index in [-0.39, 0.29) is 33.2 Å². The number of esters is 1. The highest BCUT2D eigenvalue weighted by molar-refractivity contribution is 7.91. The lowest BCUT2D eigenvalue weighted by Crippen LogP contribution is -2.14. The molecule has 0 aliphatic rings. The van der Waals surface area contributed by atoms with Gasteiger partial charge >= 0.3 is 5.97 Å². The second-order valence-electron chi connectivity index (χ2n) is 5.11. The summed E-state index contributed by atoms with van der Waals surface area (Å²) in [6.07, 6.45) is 0. The van der Waals surface area contributed by atoms with Crippen molar-refractivity contribution in [2.75, 3.05) is 18.2 Å². The van der Waals surface area contributed by atoms with Crippen LogP contribution in [0.2, 0.25) is 0 Å². The summed E-state index contributed by atoms with van der Waals surface area (Å²) in [4.78, 5) is 23.9. The molecule has 0 heterocycles. The van der Waals surface area contributed by atoms with E-state index in [0.717, 1.165) is 0 Å². The van der Waals surface area contributed by atoms with Crippen LogP contribution in [0.15, 0.2) is 47.4 Å². The number of sulfone groups is 1. The Labute approximate surface area is 145 Å². The van der Waals surface area contributed by atoms with E-state index in [1.165, 1.54) is 56.5 Å². The number of hydrogen-bond acceptors (Lipinski definition) is 6. The van der Waals surface area contributed by atoms with Crippen molar-refractivity contribution in [2.45, 2.75) is 11.8 Å². The summed E-state index contributed by atoms with van der Waals surface area (Å²) < 4.78 is 28.5. The molecule has 0 atom stereocenters. The highest BCUT2D eigenvalue weighted by atomic mass is 32.2. The van der Waals surface area contributed by atoms with Gasteiger partial charge in [-0.2, -0.15) is 0 Å². The highest BCUT2D eigenvalue weighted by Gasteiger charge is 2.16. The lowest BCUT2D eigenvalue weighted by Gasteiger charge is -2.10. The maximum atomic E-state index is 12.3. The Morgan fingerprint density at radius 2 is 1.80 bits per heavy atom. The number of ether oxygens (including phenoxy) is 1. The molecule has 2 aromatic carbocycles. The van der Waals surface area contributed by atoms with E-state index >= 15 is 0 Å². The molecule has 2 aromatic rings. The summed E-state index contributed by atoms with van der Waals surface area (Å²) in [5, 5.41) is 12.3. The molecule has 0 spiro atoms. The van der Waals surface area contributed by atoms with Gasteiger partial charge in [0.05, 0.1) is 29.0 Å². The van der Waals surface area contributed by atoms with Crippen LogP contribution in [0.3, 0.4) is 0 Å². The summed E-state index contributed by atoms with van der Waals surface area (Å²) in [6, 6.07) is 9.48. The lowest BCUT2D eigenvalue weighted by molar-refractivity contribution is 0.0600. The van der Waals surface area contributed by atoms with Crippen LogP contribution in [0, 0.1) is 0 Å². The summed E-state index contributed by atoms with van der Waals surface area (Å²) in [6.45, 7) is 1.50. The molecule has 0 fully saturated rings. The second kappa shape index (κ2) is 7.35. The van der Waals surface area contributed by atoms with E-state index in [1.54, 1.807) is 0 Å². The Morgan fingerprint density at radius 3 is 2.44 bits per heavy atom. The largest absolute Gasteiger partial charge is 0.506 e. The topological polar surface area (TPSA) is 110 Å². The number of rotatable bonds is 5. The third kappa shape index (κ3) is 4.16. The predicted molar refractivity (Wildman–Crippen MR) is 91.6 cm³/mol. The predicted octanol–water partition coefficient (Wildman–Crippen LogP) is 2.22. The molecule has 0 aliphatic carbocycles. The van der Waals surface area contributed by atoms with Gasteiger partial charge in [-0.1, -0.05) is 13.0 Å². The molecule has 1 amide bonds. The fourth-order valence-corrected chi connectivity index (χ4v) is 2.98. The number of carbonyl (C=O) groups is 2. The number of phenols is 1. The van der Waals surface area contributed by atoms with Crippen molar-refractivity contribution in [1.29, 1.82) is 0 Å². The molecule has 0 aromatic heterocycles. The van der Waals surface area contributed by atoms with Gasteiger partial charge < -0.3 is 15.2 Å². The van der Waals surface area contributed by atoms with Crippen LogP contribution in [0.25, 0.3) is 0 Å². The molecule has 0 radical (unpaired) electrons. The minimum Gasteiger partial charge on any atom is -0.506 e. The number of methoxy groups -OCH3 is 1. The SMILES string of the molecule is CCS(=O)(=O)c1ccc(O)c(NC(=O)c2cccc(C(=O)OC)c2)c1. The first kappa shape index (κ1) is 18.5. The molecule has 0 aliphatic heterocycles. The minimum atomic E-state index is -3.48. The van der Waals surface area contributed by atoms with Gasteiger partial charge in [-0.3, -0.25) is 4.79 Å². The Kier molecular flexibility index (Phi) is 5.43. The van der Waals surface area contributed by atoms with Crippen molar-refractivity contribution in [1.82, 2.24) is 0 Å². The molecule has 2 rings (SSSR count). The molecule has 25 heavy (non-hydrogen) atoms. The van der Waals surface area contributed by atoms with Gasteiger partial charge in [-0.15, -0.1) is 0 Å². The van der Waals surface area contributed by atoms with Crippen LogP contribution in [-0.4, -0.2) is 38.3 Å². The van der Waals surface area contributed by atoms with Crippen molar-refractivity contribution in [2.24, 2.45) is 0 Å². The van der Waals surface area contributed by atoms with E-state index in [9.17, 15) is 23.1 Å². The molecule has 8 heteroatoms. The zero-order valence-electron chi connectivity index (χ0n) is 13.6. The zero-order chi connectivity index (χ0) is 18.6. The van der Waals surface area contributed by atoms with Gasteiger partial charge in [0.1, 0.15) is 5.75 Å². The van der Waals surface area contributed by atoms with Crippen LogP contribution in [0.4, 0.5) is 5.69 Å². The van der Waals surface area contributed by atoms with Crippen molar-refractivity contribution >= 4 is 27.4 Å². The highest BCUT2D eigenvalue weighted by Crippen LogP contribution is 2.27. The second-order valence-corrected chi connectivity index (χ2v) is 7.39. The van der Waals surface area contributed by atoms with E-state index in [1.807, 2.05) is 0 Å². The smallest absolute Gasteiger partial charge is 0.337 e. The number of phenolic OH excluding ortho intramolecular Hbond substituents is 1. The normalized spacial score (nSPS) is 11.0. The van der Waals surface area contributed by atoms with E-state index in [0.29, 0.717) is 0 Å². The first-order valence-electron chi connectivity index (χ1n) is 7.34. The van der Waals surface area contributed by atoms with Gasteiger partial charge in [-0.05, 0) is 36.4 Å². The molecule has 132 valence electrons. The van der Waals surface area contributed by atoms with Crippen LogP contribution in [0.1, 0.15) is 27.6 Å². The Morgan fingerprint density at radius 1 is 1.12 bits per heavy atom. The summed E-state index contributed by atoms with van der Waals surface area (Å²) >= 11 is 0. The quantitative estimate of drug-likeness (QED) is 0.623. The van der Waals surface area contributed by atoms with Crippen molar-refractivity contribution in [3.05, 3.63) is 53.6 Å². The molecular weight excluding hydrogens is 346 g/mol. The maximum Gasteiger partial charge on any atom is 0.337 e. The number of aromatic hydroxyl groups is 1. The van der Waals surface area contributed by atoms with Gasteiger partial charge in [0.25, 0.3) is 5.91 Å². The Bertz CT molecular complexity index is 920. The van der Waals surface area contributed by atoms with Crippen molar-refractivity contribution in [3.63, 3.8) is 0 Å². The summed E-state index contributed by atoms with van der Waals surface area (Å²) in [7, 11) is -2.25. The van der Waals surface area contributed by atoms with Crippen molar-refractivity contribution < 1.29 is 27.9 Å². The standard InChI is InChI=1S/C17H17NO6S/c1-3-25(22,23)13-7-8-15(19)14(10-13)18-16(20)11-5-4-6-12(9-11)17(21)24-2/h4-10,19H,3H2,1-2H3,(H,18,20). The summed E-state index contributed by atoms with van der Waals surface area (Å²) in [5.74, 6) is -1.57. The third-order valence-electron chi connectivity index (χ3n) is 3.50. The van der Waals surface area contributed by atoms with Gasteiger partial charge in [0.2, 0.25) is 0 Å². The average molecular weight is 363 g/mol.